The Bertz CT molecular complexity index is 838. The van der Waals surface area contributed by atoms with Gasteiger partial charge in [-0.1, -0.05) is 5.16 Å². The van der Waals surface area contributed by atoms with E-state index in [1.54, 1.807) is 12.1 Å². The molecule has 23 heavy (non-hydrogen) atoms. The molecule has 7 heteroatoms. The van der Waals surface area contributed by atoms with Crippen LogP contribution in [0.15, 0.2) is 22.7 Å². The second-order valence-corrected chi connectivity index (χ2v) is 6.29. The van der Waals surface area contributed by atoms with Gasteiger partial charge in [0.25, 0.3) is 0 Å². The Morgan fingerprint density at radius 3 is 2.70 bits per heavy atom. The van der Waals surface area contributed by atoms with Crippen LogP contribution in [0.3, 0.4) is 0 Å². The topological polar surface area (TPSA) is 60.2 Å². The minimum atomic E-state index is -0.400. The number of rotatable bonds is 4. The minimum Gasteiger partial charge on any atom is -0.494 e. The SMILES string of the molecule is COc1cc(-c2nc(C)sc2Nc2c(C)noc2C)ccc1F. The molecule has 0 unspecified atom stereocenters. The van der Waals surface area contributed by atoms with E-state index in [2.05, 4.69) is 15.5 Å². The molecule has 0 fully saturated rings. The first-order valence-electron chi connectivity index (χ1n) is 7.01. The highest BCUT2D eigenvalue weighted by Crippen LogP contribution is 2.38. The molecule has 3 aromatic rings. The first-order chi connectivity index (χ1) is 11.0. The van der Waals surface area contributed by atoms with Crippen LogP contribution < -0.4 is 10.1 Å². The van der Waals surface area contributed by atoms with E-state index < -0.39 is 5.82 Å². The summed E-state index contributed by atoms with van der Waals surface area (Å²) in [5, 5.41) is 9.02. The van der Waals surface area contributed by atoms with Crippen molar-refractivity contribution in [1.29, 1.82) is 0 Å². The Hall–Kier alpha value is -2.41. The first kappa shape index (κ1) is 15.5. The molecular weight excluding hydrogens is 317 g/mol. The van der Waals surface area contributed by atoms with E-state index in [0.29, 0.717) is 5.76 Å². The predicted octanol–water partition coefficient (Wildman–Crippen LogP) is 4.61. The zero-order chi connectivity index (χ0) is 16.6. The van der Waals surface area contributed by atoms with E-state index in [1.165, 1.54) is 24.5 Å². The molecule has 2 aromatic heterocycles. The van der Waals surface area contributed by atoms with Gasteiger partial charge in [0.1, 0.15) is 22.1 Å². The van der Waals surface area contributed by atoms with Crippen molar-refractivity contribution < 1.29 is 13.7 Å². The standard InChI is InChI=1S/C16H16FN3O2S/c1-8-14(9(2)22-20-8)19-16-15(18-10(3)23-16)11-5-6-12(17)13(7-11)21-4/h5-7,19H,1-4H3. The molecule has 0 aliphatic heterocycles. The Morgan fingerprint density at radius 2 is 2.04 bits per heavy atom. The van der Waals surface area contributed by atoms with Gasteiger partial charge in [0.05, 0.1) is 12.1 Å². The number of hydrogen-bond acceptors (Lipinski definition) is 6. The summed E-state index contributed by atoms with van der Waals surface area (Å²) in [5.41, 5.74) is 3.12. The van der Waals surface area contributed by atoms with Crippen LogP contribution >= 0.6 is 11.3 Å². The van der Waals surface area contributed by atoms with E-state index in [1.807, 2.05) is 20.8 Å². The van der Waals surface area contributed by atoms with Crippen molar-refractivity contribution in [3.8, 4) is 17.0 Å². The number of aryl methyl sites for hydroxylation is 3. The number of methoxy groups -OCH3 is 1. The smallest absolute Gasteiger partial charge is 0.165 e. The van der Waals surface area contributed by atoms with Crippen molar-refractivity contribution in [2.75, 3.05) is 12.4 Å². The number of anilines is 2. The molecular formula is C16H16FN3O2S. The lowest BCUT2D eigenvalue weighted by molar-refractivity contribution is 0.387. The van der Waals surface area contributed by atoms with E-state index in [4.69, 9.17) is 9.26 Å². The quantitative estimate of drug-likeness (QED) is 0.755. The van der Waals surface area contributed by atoms with Crippen LogP contribution in [0, 0.1) is 26.6 Å². The summed E-state index contributed by atoms with van der Waals surface area (Å²) in [5.74, 6) is 0.496. The van der Waals surface area contributed by atoms with Crippen LogP contribution in [0.4, 0.5) is 15.1 Å². The number of benzene rings is 1. The van der Waals surface area contributed by atoms with Gasteiger partial charge in [-0.15, -0.1) is 11.3 Å². The van der Waals surface area contributed by atoms with Gasteiger partial charge in [-0.25, -0.2) is 9.37 Å². The van der Waals surface area contributed by atoms with Gasteiger partial charge in [0.15, 0.2) is 17.3 Å². The Morgan fingerprint density at radius 1 is 1.26 bits per heavy atom. The normalized spacial score (nSPS) is 10.8. The second-order valence-electron chi connectivity index (χ2n) is 5.08. The predicted molar refractivity (Wildman–Crippen MR) is 88.1 cm³/mol. The fourth-order valence-electron chi connectivity index (χ4n) is 2.29. The van der Waals surface area contributed by atoms with Crippen LogP contribution in [0.5, 0.6) is 5.75 Å². The number of halogens is 1. The summed E-state index contributed by atoms with van der Waals surface area (Å²) in [6.45, 7) is 5.64. The third-order valence-electron chi connectivity index (χ3n) is 3.43. The molecule has 1 aromatic carbocycles. The van der Waals surface area contributed by atoms with Gasteiger partial charge in [0.2, 0.25) is 0 Å². The van der Waals surface area contributed by atoms with Crippen molar-refractivity contribution in [3.63, 3.8) is 0 Å². The molecule has 1 N–H and O–H groups in total. The molecule has 0 aliphatic rings. The van der Waals surface area contributed by atoms with Crippen molar-refractivity contribution in [1.82, 2.24) is 10.1 Å². The highest BCUT2D eigenvalue weighted by atomic mass is 32.1. The molecule has 2 heterocycles. The highest BCUT2D eigenvalue weighted by Gasteiger charge is 2.17. The number of hydrogen-bond donors (Lipinski definition) is 1. The van der Waals surface area contributed by atoms with E-state index in [9.17, 15) is 4.39 Å². The molecule has 120 valence electrons. The monoisotopic (exact) mass is 333 g/mol. The van der Waals surface area contributed by atoms with Gasteiger partial charge in [-0.2, -0.15) is 0 Å². The van der Waals surface area contributed by atoms with Crippen LogP contribution in [0.2, 0.25) is 0 Å². The molecule has 0 saturated heterocycles. The van der Waals surface area contributed by atoms with E-state index in [-0.39, 0.29) is 5.75 Å². The lowest BCUT2D eigenvalue weighted by Gasteiger charge is -2.07. The Labute approximate surface area is 137 Å². The zero-order valence-electron chi connectivity index (χ0n) is 13.2. The highest BCUT2D eigenvalue weighted by molar-refractivity contribution is 7.16. The average Bonchev–Trinajstić information content (AvgIpc) is 3.05. The molecule has 5 nitrogen and oxygen atoms in total. The molecule has 0 spiro atoms. The molecule has 0 aliphatic carbocycles. The minimum absolute atomic E-state index is 0.191. The Balaban J connectivity index is 2.04. The molecule has 0 saturated carbocycles. The summed E-state index contributed by atoms with van der Waals surface area (Å²) in [4.78, 5) is 4.55. The summed E-state index contributed by atoms with van der Waals surface area (Å²) in [7, 11) is 1.44. The zero-order valence-corrected chi connectivity index (χ0v) is 14.0. The number of nitrogens with zero attached hydrogens (tertiary/aromatic N) is 2. The molecule has 3 rings (SSSR count). The second kappa shape index (κ2) is 6.00. The average molecular weight is 333 g/mol. The van der Waals surface area contributed by atoms with Gasteiger partial charge in [0, 0.05) is 5.56 Å². The van der Waals surface area contributed by atoms with Gasteiger partial charge in [-0.3, -0.25) is 0 Å². The van der Waals surface area contributed by atoms with Crippen LogP contribution in [0.1, 0.15) is 16.5 Å². The lowest BCUT2D eigenvalue weighted by atomic mass is 10.1. The van der Waals surface area contributed by atoms with Crippen LogP contribution in [-0.2, 0) is 0 Å². The van der Waals surface area contributed by atoms with Crippen molar-refractivity contribution in [3.05, 3.63) is 40.5 Å². The number of nitrogens with one attached hydrogen (secondary N) is 1. The fraction of sp³-hybridized carbons (Fsp3) is 0.250. The maximum atomic E-state index is 13.6. The molecule has 0 bridgehead atoms. The van der Waals surface area contributed by atoms with Crippen LogP contribution in [0.25, 0.3) is 11.3 Å². The maximum absolute atomic E-state index is 13.6. The third-order valence-corrected chi connectivity index (χ3v) is 4.32. The van der Waals surface area contributed by atoms with Gasteiger partial charge >= 0.3 is 0 Å². The summed E-state index contributed by atoms with van der Waals surface area (Å²) >= 11 is 1.52. The van der Waals surface area contributed by atoms with Gasteiger partial charge < -0.3 is 14.6 Å². The summed E-state index contributed by atoms with van der Waals surface area (Å²) in [6.07, 6.45) is 0. The fourth-order valence-corrected chi connectivity index (χ4v) is 3.14. The maximum Gasteiger partial charge on any atom is 0.165 e. The van der Waals surface area contributed by atoms with Crippen LogP contribution in [-0.4, -0.2) is 17.3 Å². The van der Waals surface area contributed by atoms with E-state index in [0.717, 1.165) is 32.6 Å². The largest absolute Gasteiger partial charge is 0.494 e. The molecule has 0 radical (unpaired) electrons. The van der Waals surface area contributed by atoms with Crippen molar-refractivity contribution >= 4 is 22.0 Å². The lowest BCUT2D eigenvalue weighted by Crippen LogP contribution is -1.94. The first-order valence-corrected chi connectivity index (χ1v) is 7.82. The van der Waals surface area contributed by atoms with Crippen molar-refractivity contribution in [2.24, 2.45) is 0 Å². The summed E-state index contributed by atoms with van der Waals surface area (Å²) in [6, 6.07) is 4.70. The van der Waals surface area contributed by atoms with E-state index >= 15 is 0 Å². The Kier molecular flexibility index (Phi) is 4.04. The number of thiazole rings is 1. The molecule has 0 atom stereocenters. The third kappa shape index (κ3) is 2.92. The summed E-state index contributed by atoms with van der Waals surface area (Å²) < 4.78 is 23.9. The molecule has 0 amide bonds. The van der Waals surface area contributed by atoms with Crippen molar-refractivity contribution in [2.45, 2.75) is 20.8 Å². The van der Waals surface area contributed by atoms with Gasteiger partial charge in [-0.05, 0) is 39.0 Å². The number of ether oxygens (including phenoxy) is 1. The number of aromatic nitrogens is 2.